The van der Waals surface area contributed by atoms with Gasteiger partial charge >= 0.3 is 5.97 Å². The Bertz CT molecular complexity index is 435. The van der Waals surface area contributed by atoms with E-state index in [2.05, 4.69) is 6.92 Å². The minimum absolute atomic E-state index is 0.0207. The van der Waals surface area contributed by atoms with Crippen molar-refractivity contribution in [3.8, 4) is 0 Å². The first-order valence-electron chi connectivity index (χ1n) is 6.96. The molecular weight excluding hydrogens is 228 g/mol. The second-order valence-corrected chi connectivity index (χ2v) is 6.87. The molecule has 3 nitrogen and oxygen atoms in total. The Balaban J connectivity index is 1.98. The van der Waals surface area contributed by atoms with Gasteiger partial charge in [-0.15, -0.1) is 0 Å². The Hall–Kier alpha value is -0.830. The van der Waals surface area contributed by atoms with E-state index in [4.69, 9.17) is 4.74 Å². The molecule has 2 fully saturated rings. The molecular formula is C15H22O3. The zero-order valence-corrected chi connectivity index (χ0v) is 11.5. The number of hydrogen-bond donors (Lipinski definition) is 1. The molecule has 1 N–H and O–H groups in total. The number of hydrogen-bond acceptors (Lipinski definition) is 3. The predicted molar refractivity (Wildman–Crippen MR) is 67.9 cm³/mol. The first-order chi connectivity index (χ1) is 8.33. The number of ether oxygens (including phenoxy) is 1. The van der Waals surface area contributed by atoms with Gasteiger partial charge in [0.15, 0.2) is 0 Å². The quantitative estimate of drug-likeness (QED) is 0.672. The second kappa shape index (κ2) is 3.60. The number of carbonyl (C=O) groups is 1. The van der Waals surface area contributed by atoms with Crippen molar-refractivity contribution in [3.63, 3.8) is 0 Å². The van der Waals surface area contributed by atoms with Gasteiger partial charge in [-0.3, -0.25) is 0 Å². The zero-order chi connectivity index (χ0) is 13.1. The second-order valence-electron chi connectivity index (χ2n) is 6.87. The van der Waals surface area contributed by atoms with E-state index in [1.165, 1.54) is 0 Å². The molecule has 0 radical (unpaired) electrons. The Kier molecular flexibility index (Phi) is 2.44. The Labute approximate surface area is 108 Å². The van der Waals surface area contributed by atoms with Crippen LogP contribution in [0.5, 0.6) is 0 Å². The number of aliphatic hydroxyl groups is 1. The van der Waals surface area contributed by atoms with Gasteiger partial charge in [-0.2, -0.15) is 0 Å². The van der Waals surface area contributed by atoms with Gasteiger partial charge in [0.05, 0.1) is 5.60 Å². The van der Waals surface area contributed by atoms with Gasteiger partial charge < -0.3 is 9.84 Å². The molecule has 3 heteroatoms. The lowest BCUT2D eigenvalue weighted by Gasteiger charge is -2.53. The van der Waals surface area contributed by atoms with Crippen molar-refractivity contribution in [3.05, 3.63) is 11.1 Å². The molecule has 0 aromatic heterocycles. The molecule has 2 aliphatic carbocycles. The van der Waals surface area contributed by atoms with Gasteiger partial charge in [-0.25, -0.2) is 4.79 Å². The van der Waals surface area contributed by atoms with E-state index in [1.54, 1.807) is 0 Å². The summed E-state index contributed by atoms with van der Waals surface area (Å²) < 4.78 is 5.47. The summed E-state index contributed by atoms with van der Waals surface area (Å²) in [5, 5.41) is 10.7. The molecule has 3 aliphatic rings. The molecule has 0 bridgehead atoms. The Morgan fingerprint density at radius 3 is 2.78 bits per heavy atom. The first kappa shape index (κ1) is 12.2. The highest BCUT2D eigenvalue weighted by atomic mass is 16.5. The zero-order valence-electron chi connectivity index (χ0n) is 11.5. The van der Waals surface area contributed by atoms with Crippen LogP contribution in [0.3, 0.4) is 0 Å². The molecule has 4 atom stereocenters. The number of fused-ring (bicyclic) bond motifs is 2. The third kappa shape index (κ3) is 1.56. The van der Waals surface area contributed by atoms with Gasteiger partial charge in [0, 0.05) is 5.57 Å². The first-order valence-corrected chi connectivity index (χ1v) is 6.96. The fraction of sp³-hybridized carbons (Fsp3) is 0.800. The molecule has 2 saturated carbocycles. The Morgan fingerprint density at radius 2 is 2.06 bits per heavy atom. The largest absolute Gasteiger partial charge is 0.454 e. The van der Waals surface area contributed by atoms with Crippen LogP contribution >= 0.6 is 0 Å². The van der Waals surface area contributed by atoms with Crippen LogP contribution in [0.25, 0.3) is 0 Å². The molecule has 100 valence electrons. The molecule has 0 spiro atoms. The maximum absolute atomic E-state index is 11.7. The summed E-state index contributed by atoms with van der Waals surface area (Å²) in [4.78, 5) is 11.7. The average molecular weight is 250 g/mol. The van der Waals surface area contributed by atoms with Crippen molar-refractivity contribution in [2.24, 2.45) is 11.3 Å². The van der Waals surface area contributed by atoms with Crippen LogP contribution in [0, 0.1) is 11.3 Å². The highest BCUT2D eigenvalue weighted by Crippen LogP contribution is 2.57. The molecule has 0 saturated heterocycles. The van der Waals surface area contributed by atoms with Crippen molar-refractivity contribution in [2.75, 3.05) is 0 Å². The summed E-state index contributed by atoms with van der Waals surface area (Å²) in [5.74, 6) is 0.103. The van der Waals surface area contributed by atoms with E-state index in [-0.39, 0.29) is 23.4 Å². The lowest BCUT2D eigenvalue weighted by Crippen LogP contribution is -2.52. The fourth-order valence-corrected chi connectivity index (χ4v) is 4.41. The normalized spacial score (nSPS) is 47.7. The fourth-order valence-electron chi connectivity index (χ4n) is 4.41. The van der Waals surface area contributed by atoms with Crippen LogP contribution in [0.1, 0.15) is 52.9 Å². The number of rotatable bonds is 0. The van der Waals surface area contributed by atoms with E-state index in [1.807, 2.05) is 13.8 Å². The number of carbonyl (C=O) groups excluding carboxylic acids is 1. The summed E-state index contributed by atoms with van der Waals surface area (Å²) in [5.41, 5.74) is 1.44. The minimum Gasteiger partial charge on any atom is -0.454 e. The highest BCUT2D eigenvalue weighted by molar-refractivity contribution is 5.91. The highest BCUT2D eigenvalue weighted by Gasteiger charge is 2.54. The van der Waals surface area contributed by atoms with Gasteiger partial charge in [-0.1, -0.05) is 13.3 Å². The summed E-state index contributed by atoms with van der Waals surface area (Å²) in [7, 11) is 0. The molecule has 3 rings (SSSR count). The lowest BCUT2D eigenvalue weighted by atomic mass is 9.54. The Morgan fingerprint density at radius 1 is 1.33 bits per heavy atom. The SMILES string of the molecule is CC1=C2C[C@@H]3[C@](C)(CCC[C@@]3(C)O)C[C@@H]2OC1=O. The van der Waals surface area contributed by atoms with E-state index >= 15 is 0 Å². The molecule has 0 unspecified atom stereocenters. The van der Waals surface area contributed by atoms with Crippen molar-refractivity contribution < 1.29 is 14.6 Å². The summed E-state index contributed by atoms with van der Waals surface area (Å²) in [6.45, 7) is 6.07. The van der Waals surface area contributed by atoms with Crippen LogP contribution in [-0.2, 0) is 9.53 Å². The minimum atomic E-state index is -0.600. The molecule has 1 heterocycles. The van der Waals surface area contributed by atoms with E-state index in [9.17, 15) is 9.90 Å². The predicted octanol–water partition coefficient (Wildman–Crippen LogP) is 2.58. The van der Waals surface area contributed by atoms with Gasteiger partial charge in [0.25, 0.3) is 0 Å². The van der Waals surface area contributed by atoms with Crippen LogP contribution in [0.2, 0.25) is 0 Å². The molecule has 18 heavy (non-hydrogen) atoms. The number of esters is 1. The average Bonchev–Trinajstić information content (AvgIpc) is 2.51. The third-order valence-corrected chi connectivity index (χ3v) is 5.52. The maximum atomic E-state index is 11.7. The lowest BCUT2D eigenvalue weighted by molar-refractivity contribution is -0.147. The van der Waals surface area contributed by atoms with Gasteiger partial charge in [0.2, 0.25) is 0 Å². The molecule has 0 aromatic carbocycles. The monoisotopic (exact) mass is 250 g/mol. The van der Waals surface area contributed by atoms with Crippen LogP contribution < -0.4 is 0 Å². The van der Waals surface area contributed by atoms with E-state index < -0.39 is 5.60 Å². The summed E-state index contributed by atoms with van der Waals surface area (Å²) >= 11 is 0. The van der Waals surface area contributed by atoms with E-state index in [0.717, 1.165) is 43.3 Å². The van der Waals surface area contributed by atoms with Crippen LogP contribution in [0.4, 0.5) is 0 Å². The van der Waals surface area contributed by atoms with Crippen LogP contribution in [-0.4, -0.2) is 22.8 Å². The molecule has 1 aliphatic heterocycles. The summed E-state index contributed by atoms with van der Waals surface area (Å²) in [6, 6.07) is 0. The molecule has 0 aromatic rings. The smallest absolute Gasteiger partial charge is 0.334 e. The van der Waals surface area contributed by atoms with E-state index in [0.29, 0.717) is 0 Å². The van der Waals surface area contributed by atoms with Crippen molar-refractivity contribution in [1.29, 1.82) is 0 Å². The standard InChI is InChI=1S/C15H22O3/c1-9-10-7-12-14(2,5-4-6-15(12,3)17)8-11(10)18-13(9)16/h11-12,17H,4-8H2,1-3H3/t11-,12+,14+,15+/m0/s1. The maximum Gasteiger partial charge on any atom is 0.334 e. The van der Waals surface area contributed by atoms with Crippen LogP contribution in [0.15, 0.2) is 11.1 Å². The third-order valence-electron chi connectivity index (χ3n) is 5.52. The van der Waals surface area contributed by atoms with Crippen molar-refractivity contribution in [2.45, 2.75) is 64.6 Å². The van der Waals surface area contributed by atoms with Crippen molar-refractivity contribution in [1.82, 2.24) is 0 Å². The summed E-state index contributed by atoms with van der Waals surface area (Å²) in [6.07, 6.45) is 4.76. The topological polar surface area (TPSA) is 46.5 Å². The molecule has 0 amide bonds. The van der Waals surface area contributed by atoms with Gasteiger partial charge in [-0.05, 0) is 56.4 Å². The van der Waals surface area contributed by atoms with Crippen molar-refractivity contribution >= 4 is 5.97 Å². The van der Waals surface area contributed by atoms with Gasteiger partial charge in [0.1, 0.15) is 6.10 Å².